The number of nitrogens with zero attached hydrogens (tertiary/aromatic N) is 1. The summed E-state index contributed by atoms with van der Waals surface area (Å²) in [5.74, 6) is 0.406. The number of hydrazone groups is 1. The molecule has 3 aromatic rings. The topological polar surface area (TPSA) is 83.7 Å². The van der Waals surface area contributed by atoms with E-state index in [1.165, 1.54) is 0 Å². The second-order valence-electron chi connectivity index (χ2n) is 5.48. The maximum absolute atomic E-state index is 11.7. The first kappa shape index (κ1) is 14.9. The number of hydrogen-bond donors (Lipinski definition) is 2. The summed E-state index contributed by atoms with van der Waals surface area (Å²) in [6.45, 7) is 0. The zero-order valence-corrected chi connectivity index (χ0v) is 13.0. The van der Waals surface area contributed by atoms with Crippen LogP contribution in [-0.4, -0.2) is 18.0 Å². The molecule has 6 nitrogen and oxygen atoms in total. The van der Waals surface area contributed by atoms with Crippen LogP contribution < -0.4 is 10.7 Å². The van der Waals surface area contributed by atoms with E-state index in [-0.39, 0.29) is 11.8 Å². The largest absolute Gasteiger partial charge is 0.455 e. The van der Waals surface area contributed by atoms with Crippen LogP contribution in [0.4, 0.5) is 5.69 Å². The van der Waals surface area contributed by atoms with Gasteiger partial charge in [0.15, 0.2) is 0 Å². The first-order valence-electron chi connectivity index (χ1n) is 7.65. The molecule has 1 aliphatic heterocycles. The van der Waals surface area contributed by atoms with E-state index >= 15 is 0 Å². The molecule has 2 heterocycles. The van der Waals surface area contributed by atoms with Gasteiger partial charge in [0.1, 0.15) is 11.5 Å². The predicted molar refractivity (Wildman–Crippen MR) is 93.6 cm³/mol. The van der Waals surface area contributed by atoms with Gasteiger partial charge < -0.3 is 4.42 Å². The molecule has 0 spiro atoms. The molecule has 2 N–H and O–H groups in total. The van der Waals surface area contributed by atoms with Gasteiger partial charge in [0, 0.05) is 5.56 Å². The highest BCUT2D eigenvalue weighted by Gasteiger charge is 2.27. The Kier molecular flexibility index (Phi) is 3.63. The van der Waals surface area contributed by atoms with Crippen molar-refractivity contribution in [3.8, 4) is 11.3 Å². The van der Waals surface area contributed by atoms with Crippen LogP contribution in [0.15, 0.2) is 70.2 Å². The van der Waals surface area contributed by atoms with Crippen LogP contribution in [0.5, 0.6) is 0 Å². The summed E-state index contributed by atoms with van der Waals surface area (Å²) in [4.78, 5) is 23.3. The molecule has 0 unspecified atom stereocenters. The summed E-state index contributed by atoms with van der Waals surface area (Å²) in [6, 6.07) is 18.2. The fourth-order valence-electron chi connectivity index (χ4n) is 2.58. The van der Waals surface area contributed by atoms with Gasteiger partial charge in [-0.2, -0.15) is 5.10 Å². The van der Waals surface area contributed by atoms with Crippen molar-refractivity contribution in [1.82, 2.24) is 5.32 Å². The van der Waals surface area contributed by atoms with Crippen LogP contribution in [-0.2, 0) is 0 Å². The molecule has 1 aliphatic rings. The fraction of sp³-hybridized carbons (Fsp3) is 0. The molecule has 0 aliphatic carbocycles. The molecule has 0 bridgehead atoms. The molecule has 25 heavy (non-hydrogen) atoms. The zero-order valence-electron chi connectivity index (χ0n) is 13.0. The Hall–Kier alpha value is -3.67. The number of carbonyl (C=O) groups excluding carboxylic acids is 2. The van der Waals surface area contributed by atoms with Crippen LogP contribution in [0.1, 0.15) is 26.5 Å². The third kappa shape index (κ3) is 2.92. The van der Waals surface area contributed by atoms with E-state index in [0.29, 0.717) is 22.6 Å². The first-order chi connectivity index (χ1) is 12.2. The standard InChI is InChI=1S/C19H13N3O3/c23-18-15-8-6-12(10-16(15)19(24)21-18)17-9-7-14(25-17)11-20-22-13-4-2-1-3-5-13/h1-11,22H,(H,21,23,24)/b20-11+. The van der Waals surface area contributed by atoms with E-state index in [2.05, 4.69) is 15.8 Å². The second-order valence-corrected chi connectivity index (χ2v) is 5.48. The summed E-state index contributed by atoms with van der Waals surface area (Å²) in [6.07, 6.45) is 1.57. The van der Waals surface area contributed by atoms with Crippen molar-refractivity contribution >= 4 is 23.7 Å². The third-order valence-corrected chi connectivity index (χ3v) is 3.81. The predicted octanol–water partition coefficient (Wildman–Crippen LogP) is 3.28. The Bertz CT molecular complexity index is 990. The normalized spacial score (nSPS) is 13.1. The van der Waals surface area contributed by atoms with E-state index in [4.69, 9.17) is 4.42 Å². The lowest BCUT2D eigenvalue weighted by Crippen LogP contribution is -2.19. The van der Waals surface area contributed by atoms with Gasteiger partial charge in [0.05, 0.1) is 23.0 Å². The molecule has 2 amide bonds. The number of nitrogens with one attached hydrogen (secondary N) is 2. The number of amides is 2. The number of rotatable bonds is 4. The second kappa shape index (κ2) is 6.09. The lowest BCUT2D eigenvalue weighted by atomic mass is 10.0. The Morgan fingerprint density at radius 1 is 0.920 bits per heavy atom. The average Bonchev–Trinajstić information content (AvgIpc) is 3.21. The summed E-state index contributed by atoms with van der Waals surface area (Å²) in [7, 11) is 0. The maximum atomic E-state index is 11.7. The smallest absolute Gasteiger partial charge is 0.258 e. The number of imide groups is 1. The van der Waals surface area contributed by atoms with Gasteiger partial charge in [-0.15, -0.1) is 0 Å². The molecule has 6 heteroatoms. The SMILES string of the molecule is O=C1NC(=O)c2cc(-c3ccc(/C=N/Nc4ccccc4)o3)ccc21. The Morgan fingerprint density at radius 3 is 2.56 bits per heavy atom. The van der Waals surface area contributed by atoms with Gasteiger partial charge in [-0.1, -0.05) is 24.3 Å². The quantitative estimate of drug-likeness (QED) is 0.436. The zero-order chi connectivity index (χ0) is 17.2. The minimum Gasteiger partial charge on any atom is -0.455 e. The lowest BCUT2D eigenvalue weighted by Gasteiger charge is -1.99. The van der Waals surface area contributed by atoms with Gasteiger partial charge in [0.2, 0.25) is 0 Å². The van der Waals surface area contributed by atoms with Crippen molar-refractivity contribution in [1.29, 1.82) is 0 Å². The molecule has 0 fully saturated rings. The summed E-state index contributed by atoms with van der Waals surface area (Å²) in [5.41, 5.74) is 5.25. The van der Waals surface area contributed by atoms with Crippen molar-refractivity contribution in [2.45, 2.75) is 0 Å². The Balaban J connectivity index is 1.53. The van der Waals surface area contributed by atoms with E-state index in [0.717, 1.165) is 11.3 Å². The molecule has 0 radical (unpaired) electrons. The first-order valence-corrected chi connectivity index (χ1v) is 7.65. The van der Waals surface area contributed by atoms with E-state index < -0.39 is 0 Å². The third-order valence-electron chi connectivity index (χ3n) is 3.81. The number of benzene rings is 2. The van der Waals surface area contributed by atoms with Crippen LogP contribution >= 0.6 is 0 Å². The molecule has 2 aromatic carbocycles. The monoisotopic (exact) mass is 331 g/mol. The van der Waals surface area contributed by atoms with Crippen molar-refractivity contribution < 1.29 is 14.0 Å². The van der Waals surface area contributed by atoms with Gasteiger partial charge >= 0.3 is 0 Å². The number of fused-ring (bicyclic) bond motifs is 1. The van der Waals surface area contributed by atoms with Crippen LogP contribution in [0.2, 0.25) is 0 Å². The van der Waals surface area contributed by atoms with Crippen LogP contribution in [0, 0.1) is 0 Å². The Morgan fingerprint density at radius 2 is 1.72 bits per heavy atom. The molecule has 1 aromatic heterocycles. The average molecular weight is 331 g/mol. The fourth-order valence-corrected chi connectivity index (χ4v) is 2.58. The number of hydrogen-bond acceptors (Lipinski definition) is 5. The van der Waals surface area contributed by atoms with Crippen molar-refractivity contribution in [2.24, 2.45) is 5.10 Å². The molecular formula is C19H13N3O3. The van der Waals surface area contributed by atoms with Crippen molar-refractivity contribution in [2.75, 3.05) is 5.43 Å². The number of para-hydroxylation sites is 1. The van der Waals surface area contributed by atoms with Crippen LogP contribution in [0.25, 0.3) is 11.3 Å². The van der Waals surface area contributed by atoms with E-state index in [1.54, 1.807) is 36.5 Å². The molecule has 0 saturated heterocycles. The summed E-state index contributed by atoms with van der Waals surface area (Å²) >= 11 is 0. The molecular weight excluding hydrogens is 318 g/mol. The number of furan rings is 1. The Labute approximate surface area is 143 Å². The van der Waals surface area contributed by atoms with Crippen molar-refractivity contribution in [3.05, 3.63) is 77.6 Å². The van der Waals surface area contributed by atoms with Crippen LogP contribution in [0.3, 0.4) is 0 Å². The lowest BCUT2D eigenvalue weighted by molar-refractivity contribution is 0.0879. The highest BCUT2D eigenvalue weighted by Crippen LogP contribution is 2.26. The van der Waals surface area contributed by atoms with Gasteiger partial charge in [-0.25, -0.2) is 0 Å². The van der Waals surface area contributed by atoms with E-state index in [9.17, 15) is 9.59 Å². The summed E-state index contributed by atoms with van der Waals surface area (Å²) < 4.78 is 5.72. The van der Waals surface area contributed by atoms with Crippen molar-refractivity contribution in [3.63, 3.8) is 0 Å². The number of anilines is 1. The molecule has 122 valence electrons. The minimum atomic E-state index is -0.387. The molecule has 0 saturated carbocycles. The highest BCUT2D eigenvalue weighted by atomic mass is 16.3. The van der Waals surface area contributed by atoms with Gasteiger partial charge in [-0.05, 0) is 36.4 Å². The van der Waals surface area contributed by atoms with E-state index in [1.807, 2.05) is 30.3 Å². The van der Waals surface area contributed by atoms with Gasteiger partial charge in [-0.3, -0.25) is 20.3 Å². The van der Waals surface area contributed by atoms with Gasteiger partial charge in [0.25, 0.3) is 11.8 Å². The minimum absolute atomic E-state index is 0.361. The maximum Gasteiger partial charge on any atom is 0.258 e. The molecule has 4 rings (SSSR count). The molecule has 0 atom stereocenters. The number of carbonyl (C=O) groups is 2. The summed E-state index contributed by atoms with van der Waals surface area (Å²) in [5, 5.41) is 6.39. The highest BCUT2D eigenvalue weighted by molar-refractivity contribution is 6.21.